The minimum absolute atomic E-state index is 0.0125. The number of amides is 3. The Labute approximate surface area is 344 Å². The quantitative estimate of drug-likeness (QED) is 0.127. The van der Waals surface area contributed by atoms with E-state index in [-0.39, 0.29) is 35.1 Å². The zero-order valence-corrected chi connectivity index (χ0v) is 34.1. The molecule has 2 saturated heterocycles. The van der Waals surface area contributed by atoms with Gasteiger partial charge in [-0.2, -0.15) is 0 Å². The lowest BCUT2D eigenvalue weighted by atomic mass is 10.0. The number of rotatable bonds is 14. The summed E-state index contributed by atoms with van der Waals surface area (Å²) < 4.78 is 6.11. The number of hydrogen-bond acceptors (Lipinski definition) is 10. The van der Waals surface area contributed by atoms with E-state index in [1.807, 2.05) is 49.5 Å². The third kappa shape index (κ3) is 10.4. The van der Waals surface area contributed by atoms with Crippen molar-refractivity contribution in [3.8, 4) is 11.1 Å². The van der Waals surface area contributed by atoms with Gasteiger partial charge in [-0.1, -0.05) is 38.1 Å². The minimum atomic E-state index is -0.265. The molecule has 6 heterocycles. The van der Waals surface area contributed by atoms with Crippen LogP contribution in [0, 0.1) is 0 Å². The van der Waals surface area contributed by atoms with E-state index in [9.17, 15) is 19.2 Å². The summed E-state index contributed by atoms with van der Waals surface area (Å²) in [4.78, 5) is 73.7. The first-order valence-corrected chi connectivity index (χ1v) is 20.7. The van der Waals surface area contributed by atoms with Gasteiger partial charge in [0.25, 0.3) is 17.4 Å². The van der Waals surface area contributed by atoms with Gasteiger partial charge in [-0.15, -0.1) is 0 Å². The van der Waals surface area contributed by atoms with Gasteiger partial charge in [-0.25, -0.2) is 9.97 Å². The van der Waals surface area contributed by atoms with Gasteiger partial charge in [-0.05, 0) is 79.1 Å². The Morgan fingerprint density at radius 1 is 0.847 bits per heavy atom. The fourth-order valence-corrected chi connectivity index (χ4v) is 7.68. The lowest BCUT2D eigenvalue weighted by Gasteiger charge is -2.36. The number of piperidine rings is 1. The van der Waals surface area contributed by atoms with Crippen LogP contribution in [-0.4, -0.2) is 106 Å². The van der Waals surface area contributed by atoms with Crippen LogP contribution in [0.15, 0.2) is 78.0 Å². The Bertz CT molecular complexity index is 2330. The number of benzene rings is 1. The van der Waals surface area contributed by atoms with Crippen molar-refractivity contribution in [3.05, 3.63) is 112 Å². The van der Waals surface area contributed by atoms with Crippen LogP contribution in [0.25, 0.3) is 22.2 Å². The van der Waals surface area contributed by atoms with E-state index in [0.717, 1.165) is 78.1 Å². The topological polar surface area (TPSA) is 166 Å². The molecule has 14 nitrogen and oxygen atoms in total. The zero-order chi connectivity index (χ0) is 41.3. The fourth-order valence-electron chi connectivity index (χ4n) is 7.68. The molecule has 0 aliphatic carbocycles. The molecule has 2 aliphatic heterocycles. The number of piperazine rings is 1. The first-order valence-electron chi connectivity index (χ1n) is 20.7. The number of aryl methyl sites for hydroxylation is 2. The van der Waals surface area contributed by atoms with Crippen molar-refractivity contribution in [2.24, 2.45) is 0 Å². The number of pyridine rings is 4. The van der Waals surface area contributed by atoms with Crippen molar-refractivity contribution >= 4 is 40.1 Å². The molecule has 0 radical (unpaired) electrons. The second kappa shape index (κ2) is 19.2. The summed E-state index contributed by atoms with van der Waals surface area (Å²) in [5.41, 5.74) is 8.31. The van der Waals surface area contributed by atoms with Crippen LogP contribution in [0.3, 0.4) is 0 Å². The Morgan fingerprint density at radius 2 is 1.66 bits per heavy atom. The number of likely N-dealkylation sites (tertiary alicyclic amines) is 1. The number of anilines is 2. The summed E-state index contributed by atoms with van der Waals surface area (Å²) in [5, 5.41) is 5.76. The molecule has 2 fully saturated rings. The van der Waals surface area contributed by atoms with Gasteiger partial charge < -0.3 is 30.2 Å². The second-order valence-corrected chi connectivity index (χ2v) is 15.2. The molecule has 5 aromatic rings. The highest BCUT2D eigenvalue weighted by atomic mass is 16.5. The molecule has 308 valence electrons. The van der Waals surface area contributed by atoms with Gasteiger partial charge in [0.15, 0.2) is 5.69 Å². The van der Waals surface area contributed by atoms with Gasteiger partial charge in [0.1, 0.15) is 5.69 Å². The minimum Gasteiger partial charge on any atom is -0.378 e. The van der Waals surface area contributed by atoms with Crippen molar-refractivity contribution in [1.29, 1.82) is 0 Å². The maximum absolute atomic E-state index is 13.6. The monoisotopic (exact) mass is 799 g/mol. The summed E-state index contributed by atoms with van der Waals surface area (Å²) in [7, 11) is 0. The Morgan fingerprint density at radius 3 is 2.39 bits per heavy atom. The van der Waals surface area contributed by atoms with Crippen molar-refractivity contribution in [2.75, 3.05) is 62.6 Å². The number of ether oxygens (including phenoxy) is 1. The van der Waals surface area contributed by atoms with Crippen molar-refractivity contribution in [1.82, 2.24) is 35.1 Å². The van der Waals surface area contributed by atoms with E-state index >= 15 is 0 Å². The molecule has 3 N–H and O–H groups in total. The first-order chi connectivity index (χ1) is 28.7. The van der Waals surface area contributed by atoms with Gasteiger partial charge in [0, 0.05) is 89.4 Å². The molecule has 0 atom stereocenters. The first kappa shape index (κ1) is 41.2. The Hall–Kier alpha value is -5.99. The maximum atomic E-state index is 13.6. The number of hydrogen-bond donors (Lipinski definition) is 3. The molecule has 7 rings (SSSR count). The second-order valence-electron chi connectivity index (χ2n) is 15.2. The lowest BCUT2D eigenvalue weighted by Crippen LogP contribution is -2.46. The molecule has 1 aromatic carbocycles. The zero-order valence-electron chi connectivity index (χ0n) is 34.1. The maximum Gasteiger partial charge on any atom is 0.274 e. The lowest BCUT2D eigenvalue weighted by molar-refractivity contribution is -0.114. The molecule has 0 unspecified atom stereocenters. The molecular formula is C45H53N9O5. The van der Waals surface area contributed by atoms with Gasteiger partial charge >= 0.3 is 0 Å². The third-order valence-corrected chi connectivity index (χ3v) is 11.1. The molecular weight excluding hydrogens is 747 g/mol. The van der Waals surface area contributed by atoms with Gasteiger partial charge in [0.05, 0.1) is 34.7 Å². The number of H-pyrrole nitrogens is 1. The highest BCUT2D eigenvalue weighted by molar-refractivity contribution is 6.02. The van der Waals surface area contributed by atoms with Crippen molar-refractivity contribution in [2.45, 2.75) is 65.5 Å². The third-order valence-electron chi connectivity index (χ3n) is 11.1. The number of carbonyl (C=O) groups is 3. The van der Waals surface area contributed by atoms with E-state index in [4.69, 9.17) is 4.74 Å². The molecule has 4 aromatic heterocycles. The average molecular weight is 800 g/mol. The van der Waals surface area contributed by atoms with Crippen LogP contribution in [-0.2, 0) is 28.9 Å². The fraction of sp³-hybridized carbons (Fsp3) is 0.400. The summed E-state index contributed by atoms with van der Waals surface area (Å²) in [6, 6.07) is 17.6. The number of aromatic nitrogens is 4. The predicted octanol–water partition coefficient (Wildman–Crippen LogP) is 5.23. The highest BCUT2D eigenvalue weighted by Gasteiger charge is 2.27. The highest BCUT2D eigenvalue weighted by Crippen LogP contribution is 2.27. The van der Waals surface area contributed by atoms with E-state index in [1.54, 1.807) is 23.4 Å². The summed E-state index contributed by atoms with van der Waals surface area (Å²) in [6.45, 7) is 11.6. The predicted molar refractivity (Wildman–Crippen MR) is 229 cm³/mol. The molecule has 14 heteroatoms. The Kier molecular flexibility index (Phi) is 13.4. The van der Waals surface area contributed by atoms with Gasteiger partial charge in [-0.3, -0.25) is 29.1 Å². The van der Waals surface area contributed by atoms with Crippen molar-refractivity contribution < 1.29 is 19.1 Å². The summed E-state index contributed by atoms with van der Waals surface area (Å²) >= 11 is 0. The van der Waals surface area contributed by atoms with E-state index < -0.39 is 0 Å². The van der Waals surface area contributed by atoms with Crippen LogP contribution in [0.5, 0.6) is 0 Å². The SMILES string of the molecule is CCc1cccc(-c2cnc(C(=O)N3CCC(OCCCNC(=O)c4ccc(N5CCN(Cc6cnc7cc(CC)c(=O)[nH]c7c6)CC5)cn4)CC3)c(NC(C)=O)c2)c1. The molecule has 0 bridgehead atoms. The Balaban J connectivity index is 0.805. The number of aromatic amines is 1. The smallest absolute Gasteiger partial charge is 0.274 e. The van der Waals surface area contributed by atoms with E-state index in [2.05, 4.69) is 59.4 Å². The van der Waals surface area contributed by atoms with Gasteiger partial charge in [0.2, 0.25) is 5.91 Å². The van der Waals surface area contributed by atoms with Crippen LogP contribution in [0.1, 0.15) is 77.7 Å². The average Bonchev–Trinajstić information content (AvgIpc) is 3.26. The van der Waals surface area contributed by atoms with Crippen molar-refractivity contribution in [3.63, 3.8) is 0 Å². The van der Waals surface area contributed by atoms with Crippen LogP contribution in [0.4, 0.5) is 11.4 Å². The van der Waals surface area contributed by atoms with E-state index in [1.165, 1.54) is 12.5 Å². The van der Waals surface area contributed by atoms with Crippen LogP contribution in [0.2, 0.25) is 0 Å². The largest absolute Gasteiger partial charge is 0.378 e. The summed E-state index contributed by atoms with van der Waals surface area (Å²) in [6.07, 6.45) is 8.96. The molecule has 0 saturated carbocycles. The van der Waals surface area contributed by atoms with E-state index in [0.29, 0.717) is 63.3 Å². The molecule has 0 spiro atoms. The van der Waals surface area contributed by atoms with Crippen LogP contribution >= 0.6 is 0 Å². The standard InChI is InChI=1S/C45H53N9O5/c1-4-31-8-6-9-34(22-31)35-25-41(50-30(3)55)42(49-27-35)45(58)54-15-12-37(13-16-54)59-21-7-14-46-44(57)38-11-10-36(28-48-38)53-19-17-52(18-20-53)29-32-23-40-39(47-26-32)24-33(5-2)43(56)51-40/h6,8-11,22-28,37H,4-5,7,12-21,29H2,1-3H3,(H,46,57)(H,50,55)(H,51,56). The number of nitrogens with zero attached hydrogens (tertiary/aromatic N) is 6. The molecule has 2 aliphatic rings. The number of fused-ring (bicyclic) bond motifs is 1. The molecule has 59 heavy (non-hydrogen) atoms. The van der Waals surface area contributed by atoms with Crippen LogP contribution < -0.4 is 21.1 Å². The molecule has 3 amide bonds. The number of nitrogens with one attached hydrogen (secondary N) is 3. The normalized spacial score (nSPS) is 15.0. The summed E-state index contributed by atoms with van der Waals surface area (Å²) in [5.74, 6) is -0.705. The number of carbonyl (C=O) groups excluding carboxylic acids is 3.